The van der Waals surface area contributed by atoms with Crippen LogP contribution in [0, 0.1) is 0 Å². The number of aliphatic carboxylic acids is 1. The maximum absolute atomic E-state index is 11.6. The Kier molecular flexibility index (Phi) is 16.9. The van der Waals surface area contributed by atoms with Crippen LogP contribution in [0.4, 0.5) is 4.79 Å². The number of hydrogen-bond acceptors (Lipinski definition) is 6. The minimum absolute atomic E-state index is 0.0302. The van der Waals surface area contributed by atoms with Crippen molar-refractivity contribution in [2.45, 2.75) is 83.8 Å². The van der Waals surface area contributed by atoms with Crippen molar-refractivity contribution in [3.8, 4) is 0 Å². The van der Waals surface area contributed by atoms with E-state index in [-0.39, 0.29) is 12.6 Å². The summed E-state index contributed by atoms with van der Waals surface area (Å²) in [4.78, 5) is 45.4. The second kappa shape index (κ2) is 18.4. The monoisotopic (exact) mass is 441 g/mol. The Hall–Kier alpha value is -2.42. The van der Waals surface area contributed by atoms with Gasteiger partial charge < -0.3 is 20.5 Å². The highest BCUT2D eigenvalue weighted by Gasteiger charge is 2.20. The number of nitrogens with zero attached hydrogens (tertiary/aromatic N) is 1. The van der Waals surface area contributed by atoms with Gasteiger partial charge in [0.2, 0.25) is 12.3 Å². The van der Waals surface area contributed by atoms with Crippen LogP contribution >= 0.6 is 0 Å². The average Bonchev–Trinajstić information content (AvgIpc) is 3.26. The fourth-order valence-corrected chi connectivity index (χ4v) is 2.87. The van der Waals surface area contributed by atoms with Crippen LogP contribution in [0.2, 0.25) is 0 Å². The molecule has 9 nitrogen and oxygen atoms in total. The van der Waals surface area contributed by atoms with Gasteiger partial charge in [0.05, 0.1) is 0 Å². The minimum atomic E-state index is -0.828. The van der Waals surface area contributed by atoms with Crippen molar-refractivity contribution in [2.24, 2.45) is 0 Å². The maximum Gasteiger partial charge on any atom is 0.407 e. The number of likely N-dealkylation sites (N-methyl/N-ethyl adjacent to an activating group) is 1. The number of alkyl carbamates (subject to hydrolysis) is 1. The number of unbranched alkanes of at least 4 members (excludes halogenated alkanes) is 3. The van der Waals surface area contributed by atoms with Crippen LogP contribution in [0.15, 0.2) is 12.2 Å². The van der Waals surface area contributed by atoms with E-state index < -0.39 is 24.0 Å². The van der Waals surface area contributed by atoms with E-state index in [1.54, 1.807) is 13.1 Å². The van der Waals surface area contributed by atoms with E-state index in [0.717, 1.165) is 62.7 Å². The molecule has 1 aliphatic carbocycles. The summed E-state index contributed by atoms with van der Waals surface area (Å²) in [5.41, 5.74) is 0. The molecule has 1 saturated carbocycles. The number of amides is 3. The first-order valence-electron chi connectivity index (χ1n) is 11.1. The molecule has 0 spiro atoms. The van der Waals surface area contributed by atoms with Gasteiger partial charge in [-0.25, -0.2) is 4.79 Å². The Morgan fingerprint density at radius 3 is 2.32 bits per heavy atom. The molecular weight excluding hydrogens is 402 g/mol. The van der Waals surface area contributed by atoms with E-state index >= 15 is 0 Å². The smallest absolute Gasteiger partial charge is 0.407 e. The van der Waals surface area contributed by atoms with Crippen molar-refractivity contribution in [3.05, 3.63) is 12.2 Å². The summed E-state index contributed by atoms with van der Waals surface area (Å²) in [6.07, 6.45) is 12.3. The van der Waals surface area contributed by atoms with Gasteiger partial charge in [-0.2, -0.15) is 0 Å². The zero-order valence-electron chi connectivity index (χ0n) is 19.1. The predicted molar refractivity (Wildman–Crippen MR) is 119 cm³/mol. The largest absolute Gasteiger partial charge is 0.480 e. The van der Waals surface area contributed by atoms with Gasteiger partial charge in [0.1, 0.15) is 18.7 Å². The van der Waals surface area contributed by atoms with Gasteiger partial charge in [0.25, 0.3) is 0 Å². The topological polar surface area (TPSA) is 125 Å². The highest BCUT2D eigenvalue weighted by Crippen LogP contribution is 2.20. The third kappa shape index (κ3) is 14.3. The number of hydrogen-bond donors (Lipinski definition) is 3. The summed E-state index contributed by atoms with van der Waals surface area (Å²) in [5, 5.41) is 13.7. The van der Waals surface area contributed by atoms with Gasteiger partial charge in [0.15, 0.2) is 0 Å². The van der Waals surface area contributed by atoms with Crippen molar-refractivity contribution in [3.63, 3.8) is 0 Å². The molecule has 178 valence electrons. The molecule has 9 heteroatoms. The molecule has 1 fully saturated rings. The van der Waals surface area contributed by atoms with E-state index in [0.29, 0.717) is 13.0 Å². The Labute approximate surface area is 185 Å². The molecular formula is C22H39N3O6. The van der Waals surface area contributed by atoms with Crippen LogP contribution in [0.1, 0.15) is 71.6 Å². The van der Waals surface area contributed by atoms with Crippen molar-refractivity contribution in [2.75, 3.05) is 20.1 Å². The molecule has 1 unspecified atom stereocenters. The number of carbonyl (C=O) groups excluding carboxylic acids is 3. The molecule has 0 aromatic rings. The molecule has 3 N–H and O–H groups in total. The molecule has 0 radical (unpaired) electrons. The lowest BCUT2D eigenvalue weighted by Crippen LogP contribution is -2.40. The normalized spacial score (nSPS) is 14.4. The molecule has 1 aliphatic rings. The minimum Gasteiger partial charge on any atom is -0.480 e. The number of ether oxygens (including phenoxy) is 1. The first kappa shape index (κ1) is 28.6. The molecule has 0 heterocycles. The van der Waals surface area contributed by atoms with E-state index in [1.807, 2.05) is 13.0 Å². The molecule has 0 aliphatic heterocycles. The third-order valence-corrected chi connectivity index (χ3v) is 4.79. The second-order valence-electron chi connectivity index (χ2n) is 7.39. The molecule has 1 rings (SSSR count). The van der Waals surface area contributed by atoms with Gasteiger partial charge >= 0.3 is 12.1 Å². The fraction of sp³-hybridized carbons (Fsp3) is 0.727. The van der Waals surface area contributed by atoms with Gasteiger partial charge in [-0.15, -0.1) is 0 Å². The van der Waals surface area contributed by atoms with Crippen LogP contribution in [0.3, 0.4) is 0 Å². The van der Waals surface area contributed by atoms with E-state index in [2.05, 4.69) is 17.6 Å². The number of carboxylic acid groups (broad SMARTS) is 1. The number of imide groups is 1. The molecule has 1 atom stereocenters. The predicted octanol–water partition coefficient (Wildman–Crippen LogP) is 2.85. The van der Waals surface area contributed by atoms with Crippen LogP contribution in [0.5, 0.6) is 0 Å². The number of rotatable bonds is 13. The number of carbonyl (C=O) groups is 4. The maximum atomic E-state index is 11.6. The van der Waals surface area contributed by atoms with Crippen LogP contribution in [0.25, 0.3) is 0 Å². The Balaban J connectivity index is 0.000000649. The third-order valence-electron chi connectivity index (χ3n) is 4.79. The fourth-order valence-electron chi connectivity index (χ4n) is 2.87. The number of carboxylic acids is 1. The quantitative estimate of drug-likeness (QED) is 0.228. The summed E-state index contributed by atoms with van der Waals surface area (Å²) in [7, 11) is 1.64. The SMILES string of the molecule is CCCC/C=C\C(NC)C(=O)O.CCCCN(C=O)C(=O)CNC(=O)OC1CCCC1. The highest BCUT2D eigenvalue weighted by molar-refractivity contribution is 5.89. The summed E-state index contributed by atoms with van der Waals surface area (Å²) in [5.74, 6) is -1.24. The summed E-state index contributed by atoms with van der Waals surface area (Å²) in [6, 6.07) is -0.540. The van der Waals surface area contributed by atoms with Gasteiger partial charge in [0, 0.05) is 6.54 Å². The molecule has 0 bridgehead atoms. The van der Waals surface area contributed by atoms with Gasteiger partial charge in [-0.3, -0.25) is 19.3 Å². The lowest BCUT2D eigenvalue weighted by Gasteiger charge is -2.16. The molecule has 3 amide bonds. The second-order valence-corrected chi connectivity index (χ2v) is 7.39. The lowest BCUT2D eigenvalue weighted by atomic mass is 10.2. The average molecular weight is 442 g/mol. The summed E-state index contributed by atoms with van der Waals surface area (Å²) < 4.78 is 5.15. The standard InChI is InChI=1S/C13H22N2O4.C9H17NO2/c1-2-3-8-15(10-16)12(17)9-14-13(18)19-11-6-4-5-7-11;1-3-4-5-6-7-8(10-2)9(11)12/h10-11H,2-9H2,1H3,(H,14,18);6-8,10H,3-5H2,1-2H3,(H,11,12)/b;7-6-. The van der Waals surface area contributed by atoms with Crippen molar-refractivity contribution in [1.29, 1.82) is 0 Å². The zero-order valence-corrected chi connectivity index (χ0v) is 19.1. The zero-order chi connectivity index (χ0) is 23.5. The molecule has 0 aromatic heterocycles. The number of nitrogens with one attached hydrogen (secondary N) is 2. The van der Waals surface area contributed by atoms with Crippen molar-refractivity contribution < 1.29 is 29.0 Å². The molecule has 0 saturated heterocycles. The first-order valence-corrected chi connectivity index (χ1v) is 11.1. The van der Waals surface area contributed by atoms with Crippen LogP contribution < -0.4 is 10.6 Å². The Bertz CT molecular complexity index is 561. The number of allylic oxidation sites excluding steroid dienone is 1. The highest BCUT2D eigenvalue weighted by atomic mass is 16.6. The Morgan fingerprint density at radius 1 is 1.16 bits per heavy atom. The first-order chi connectivity index (χ1) is 14.9. The van der Waals surface area contributed by atoms with E-state index in [1.165, 1.54) is 0 Å². The van der Waals surface area contributed by atoms with Gasteiger partial charge in [-0.05, 0) is 45.6 Å². The Morgan fingerprint density at radius 2 is 1.81 bits per heavy atom. The summed E-state index contributed by atoms with van der Waals surface area (Å²) in [6.45, 7) is 4.28. The van der Waals surface area contributed by atoms with Crippen LogP contribution in [-0.2, 0) is 19.1 Å². The molecule has 0 aromatic carbocycles. The van der Waals surface area contributed by atoms with E-state index in [4.69, 9.17) is 9.84 Å². The summed E-state index contributed by atoms with van der Waals surface area (Å²) >= 11 is 0. The van der Waals surface area contributed by atoms with Crippen molar-refractivity contribution >= 4 is 24.4 Å². The van der Waals surface area contributed by atoms with E-state index in [9.17, 15) is 19.2 Å². The van der Waals surface area contributed by atoms with Crippen molar-refractivity contribution in [1.82, 2.24) is 15.5 Å². The molecule has 31 heavy (non-hydrogen) atoms. The van der Waals surface area contributed by atoms with Gasteiger partial charge in [-0.1, -0.05) is 45.3 Å². The van der Waals surface area contributed by atoms with Crippen LogP contribution in [-0.4, -0.2) is 66.7 Å². The lowest BCUT2D eigenvalue weighted by molar-refractivity contribution is -0.138.